The van der Waals surface area contributed by atoms with E-state index >= 15 is 0 Å². The summed E-state index contributed by atoms with van der Waals surface area (Å²) >= 11 is 0. The summed E-state index contributed by atoms with van der Waals surface area (Å²) in [5.74, 6) is -1.93. The van der Waals surface area contributed by atoms with Crippen molar-refractivity contribution < 1.29 is 27.5 Å². The fraction of sp³-hybridized carbons (Fsp3) is 0.211. The number of anilines is 1. The summed E-state index contributed by atoms with van der Waals surface area (Å²) in [5, 5.41) is 0. The molecule has 2 N–H and O–H groups in total. The van der Waals surface area contributed by atoms with Crippen LogP contribution in [0.3, 0.4) is 0 Å². The Morgan fingerprint density at radius 1 is 1.03 bits per heavy atom. The van der Waals surface area contributed by atoms with Gasteiger partial charge >= 0.3 is 5.97 Å². The monoisotopic (exact) mass is 417 g/mol. The van der Waals surface area contributed by atoms with Gasteiger partial charge in [-0.3, -0.25) is 24.7 Å². The lowest BCUT2D eigenvalue weighted by molar-refractivity contribution is -0.125. The van der Waals surface area contributed by atoms with Crippen LogP contribution in [0.4, 0.5) is 5.69 Å². The number of hydrogen-bond donors (Lipinski definition) is 2. The van der Waals surface area contributed by atoms with E-state index in [1.165, 1.54) is 10.4 Å². The van der Waals surface area contributed by atoms with Crippen LogP contribution in [0.1, 0.15) is 26.3 Å². The summed E-state index contributed by atoms with van der Waals surface area (Å²) < 4.78 is 29.7. The molecule has 0 saturated heterocycles. The second kappa shape index (κ2) is 8.31. The molecule has 152 valence electrons. The SMILES string of the molecule is CS(=O)(=O)N1CCc2cc(C(=O)OCC(=O)NNC(=O)c3ccccc3)ccc21. The van der Waals surface area contributed by atoms with Crippen LogP contribution in [0.25, 0.3) is 0 Å². The molecule has 0 fully saturated rings. The van der Waals surface area contributed by atoms with Crippen LogP contribution in [0.15, 0.2) is 48.5 Å². The molecule has 0 spiro atoms. The Kier molecular flexibility index (Phi) is 5.83. The molecule has 2 aromatic carbocycles. The second-order valence-corrected chi connectivity index (χ2v) is 8.28. The minimum atomic E-state index is -3.37. The number of nitrogens with one attached hydrogen (secondary N) is 2. The van der Waals surface area contributed by atoms with Crippen molar-refractivity contribution in [1.82, 2.24) is 10.9 Å². The lowest BCUT2D eigenvalue weighted by atomic mass is 10.1. The molecule has 3 rings (SSSR count). The Bertz CT molecular complexity index is 1050. The standard InChI is InChI=1S/C19H19N3O6S/c1-29(26,27)22-10-9-14-11-15(7-8-16(14)22)19(25)28-12-17(23)20-21-18(24)13-5-3-2-4-6-13/h2-8,11H,9-10,12H2,1H3,(H,20,23)(H,21,24). The number of nitrogens with zero attached hydrogens (tertiary/aromatic N) is 1. The maximum Gasteiger partial charge on any atom is 0.338 e. The molecule has 29 heavy (non-hydrogen) atoms. The lowest BCUT2D eigenvalue weighted by Crippen LogP contribution is -2.43. The highest BCUT2D eigenvalue weighted by molar-refractivity contribution is 7.92. The van der Waals surface area contributed by atoms with Gasteiger partial charge in [0.2, 0.25) is 10.0 Å². The highest BCUT2D eigenvalue weighted by Gasteiger charge is 2.27. The van der Waals surface area contributed by atoms with E-state index in [1.807, 2.05) is 0 Å². The van der Waals surface area contributed by atoms with Crippen LogP contribution in [-0.2, 0) is 26.0 Å². The van der Waals surface area contributed by atoms with Gasteiger partial charge < -0.3 is 4.74 Å². The molecule has 2 amide bonds. The predicted molar refractivity (Wildman–Crippen MR) is 105 cm³/mol. The van der Waals surface area contributed by atoms with Crippen molar-refractivity contribution >= 4 is 33.5 Å². The van der Waals surface area contributed by atoms with Gasteiger partial charge in [-0.2, -0.15) is 0 Å². The molecule has 0 atom stereocenters. The van der Waals surface area contributed by atoms with E-state index in [0.29, 0.717) is 29.8 Å². The van der Waals surface area contributed by atoms with Crippen LogP contribution in [0, 0.1) is 0 Å². The summed E-state index contributed by atoms with van der Waals surface area (Å²) in [4.78, 5) is 35.8. The molecule has 0 radical (unpaired) electrons. The number of rotatable bonds is 5. The minimum Gasteiger partial charge on any atom is -0.452 e. The third-order valence-corrected chi connectivity index (χ3v) is 5.43. The smallest absolute Gasteiger partial charge is 0.338 e. The third kappa shape index (κ3) is 4.91. The van der Waals surface area contributed by atoms with Crippen LogP contribution in [-0.4, -0.2) is 45.6 Å². The van der Waals surface area contributed by atoms with Crippen molar-refractivity contribution in [3.63, 3.8) is 0 Å². The van der Waals surface area contributed by atoms with Gasteiger partial charge in [0.05, 0.1) is 17.5 Å². The molecular weight excluding hydrogens is 398 g/mol. The fourth-order valence-electron chi connectivity index (χ4n) is 2.88. The molecule has 2 aromatic rings. The van der Waals surface area contributed by atoms with Gasteiger partial charge in [0.25, 0.3) is 11.8 Å². The average Bonchev–Trinajstić information content (AvgIpc) is 3.14. The maximum absolute atomic E-state index is 12.2. The summed E-state index contributed by atoms with van der Waals surface area (Å²) in [6.07, 6.45) is 1.61. The second-order valence-electron chi connectivity index (χ2n) is 6.37. The van der Waals surface area contributed by atoms with Crippen LogP contribution >= 0.6 is 0 Å². The molecule has 0 unspecified atom stereocenters. The molecular formula is C19H19N3O6S. The zero-order valence-corrected chi connectivity index (χ0v) is 16.4. The molecule has 1 aliphatic heterocycles. The first-order valence-electron chi connectivity index (χ1n) is 8.67. The molecule has 1 aliphatic rings. The number of amides is 2. The zero-order chi connectivity index (χ0) is 21.0. The van der Waals surface area contributed by atoms with Crippen molar-refractivity contribution in [3.05, 3.63) is 65.2 Å². The number of fused-ring (bicyclic) bond motifs is 1. The number of carbonyl (C=O) groups is 3. The first-order chi connectivity index (χ1) is 13.8. The number of hydrazine groups is 1. The lowest BCUT2D eigenvalue weighted by Gasteiger charge is -2.16. The Morgan fingerprint density at radius 2 is 1.76 bits per heavy atom. The van der Waals surface area contributed by atoms with Gasteiger partial charge in [-0.05, 0) is 42.3 Å². The van der Waals surface area contributed by atoms with E-state index in [2.05, 4.69) is 10.9 Å². The molecule has 0 saturated carbocycles. The van der Waals surface area contributed by atoms with Gasteiger partial charge in [0.15, 0.2) is 6.61 Å². The summed E-state index contributed by atoms with van der Waals surface area (Å²) in [6.45, 7) is -0.267. The van der Waals surface area contributed by atoms with E-state index in [1.54, 1.807) is 42.5 Å². The topological polar surface area (TPSA) is 122 Å². The number of esters is 1. The van der Waals surface area contributed by atoms with Crippen molar-refractivity contribution in [2.75, 3.05) is 23.7 Å². The Hall–Kier alpha value is -3.40. The van der Waals surface area contributed by atoms with E-state index in [0.717, 1.165) is 6.26 Å². The number of ether oxygens (including phenoxy) is 1. The first-order valence-corrected chi connectivity index (χ1v) is 10.5. The average molecular weight is 417 g/mol. The van der Waals surface area contributed by atoms with Crippen molar-refractivity contribution in [1.29, 1.82) is 0 Å². The predicted octanol–water partition coefficient (Wildman–Crippen LogP) is 0.627. The summed E-state index contributed by atoms with van der Waals surface area (Å²) in [6, 6.07) is 12.8. The van der Waals surface area contributed by atoms with E-state index in [-0.39, 0.29) is 5.56 Å². The normalized spacial score (nSPS) is 12.8. The van der Waals surface area contributed by atoms with Crippen molar-refractivity contribution in [2.24, 2.45) is 0 Å². The zero-order valence-electron chi connectivity index (χ0n) is 15.5. The number of hydrogen-bond acceptors (Lipinski definition) is 6. The minimum absolute atomic E-state index is 0.209. The molecule has 9 nitrogen and oxygen atoms in total. The molecule has 10 heteroatoms. The van der Waals surface area contributed by atoms with E-state index in [9.17, 15) is 22.8 Å². The van der Waals surface area contributed by atoms with Gasteiger partial charge in [0.1, 0.15) is 0 Å². The number of carbonyl (C=O) groups excluding carboxylic acids is 3. The summed E-state index contributed by atoms with van der Waals surface area (Å²) in [5.41, 5.74) is 6.21. The Labute approximate surface area is 167 Å². The van der Waals surface area contributed by atoms with Gasteiger partial charge in [-0.1, -0.05) is 18.2 Å². The largest absolute Gasteiger partial charge is 0.452 e. The van der Waals surface area contributed by atoms with Gasteiger partial charge in [-0.25, -0.2) is 13.2 Å². The molecule has 0 aliphatic carbocycles. The van der Waals surface area contributed by atoms with E-state index < -0.39 is 34.4 Å². The number of benzene rings is 2. The Balaban J connectivity index is 1.52. The highest BCUT2D eigenvalue weighted by Crippen LogP contribution is 2.30. The van der Waals surface area contributed by atoms with E-state index in [4.69, 9.17) is 4.74 Å². The van der Waals surface area contributed by atoms with Crippen molar-refractivity contribution in [3.8, 4) is 0 Å². The summed E-state index contributed by atoms with van der Waals surface area (Å²) in [7, 11) is -3.37. The van der Waals surface area contributed by atoms with Crippen LogP contribution < -0.4 is 15.2 Å². The fourth-order valence-corrected chi connectivity index (χ4v) is 3.84. The molecule has 1 heterocycles. The molecule has 0 bridgehead atoms. The third-order valence-electron chi connectivity index (χ3n) is 4.25. The van der Waals surface area contributed by atoms with Crippen molar-refractivity contribution in [2.45, 2.75) is 6.42 Å². The molecule has 0 aromatic heterocycles. The van der Waals surface area contributed by atoms with Crippen LogP contribution in [0.5, 0.6) is 0 Å². The Morgan fingerprint density at radius 3 is 2.45 bits per heavy atom. The maximum atomic E-state index is 12.2. The first kappa shape index (κ1) is 20.3. The van der Waals surface area contributed by atoms with Gasteiger partial charge in [0, 0.05) is 12.1 Å². The highest BCUT2D eigenvalue weighted by atomic mass is 32.2. The quantitative estimate of drug-likeness (QED) is 0.544. The van der Waals surface area contributed by atoms with Crippen LogP contribution in [0.2, 0.25) is 0 Å². The van der Waals surface area contributed by atoms with Gasteiger partial charge in [-0.15, -0.1) is 0 Å². The number of sulfonamides is 1.